The fourth-order valence-electron chi connectivity index (χ4n) is 5.28. The molecule has 1 fully saturated rings. The van der Waals surface area contributed by atoms with Crippen molar-refractivity contribution in [1.29, 1.82) is 0 Å². The maximum absolute atomic E-state index is 10.1. The average molecular weight is 457 g/mol. The molecule has 4 atom stereocenters. The Morgan fingerprint density at radius 1 is 1.18 bits per heavy atom. The number of rotatable bonds is 3. The summed E-state index contributed by atoms with van der Waals surface area (Å²) in [6, 6.07) is 4.26. The summed E-state index contributed by atoms with van der Waals surface area (Å²) in [5.74, 6) is 1.48. The Kier molecular flexibility index (Phi) is 6.33. The smallest absolute Gasteiger partial charge is 0.328 e. The number of hydrogen-bond donors (Lipinski definition) is 3. The first-order chi connectivity index (χ1) is 15.8. The van der Waals surface area contributed by atoms with E-state index in [2.05, 4.69) is 24.0 Å². The molecule has 5 rings (SSSR count). The number of phenolic OH excluding ortho intramolecular Hbond substituents is 1. The van der Waals surface area contributed by atoms with Gasteiger partial charge in [-0.05, 0) is 47.6 Å². The quantitative estimate of drug-likeness (QED) is 0.587. The number of piperidine rings is 1. The van der Waals surface area contributed by atoms with Gasteiger partial charge in [0.15, 0.2) is 17.3 Å². The number of ether oxygens (including phenoxy) is 3. The Labute approximate surface area is 191 Å². The molecule has 1 aromatic carbocycles. The lowest BCUT2D eigenvalue weighted by atomic mass is 9.68. The number of hydrogen-bond acceptors (Lipinski definition) is 7. The summed E-state index contributed by atoms with van der Waals surface area (Å²) in [7, 11) is 1.61. The first kappa shape index (κ1) is 22.7. The number of methoxy groups -OCH3 is 1. The van der Waals surface area contributed by atoms with Crippen molar-refractivity contribution in [2.45, 2.75) is 19.4 Å². The lowest BCUT2D eigenvalue weighted by molar-refractivity contribution is -0.134. The van der Waals surface area contributed by atoms with Crippen molar-refractivity contribution in [2.75, 3.05) is 27.0 Å². The molecular formula is C24H27NO8. The highest BCUT2D eigenvalue weighted by molar-refractivity contribution is 5.89. The van der Waals surface area contributed by atoms with E-state index in [-0.39, 0.29) is 5.75 Å². The number of phenols is 1. The summed E-state index contributed by atoms with van der Waals surface area (Å²) in [4.78, 5) is 21.7. The summed E-state index contributed by atoms with van der Waals surface area (Å²) in [5, 5.41) is 25.8. The molecule has 33 heavy (non-hydrogen) atoms. The van der Waals surface area contributed by atoms with Crippen molar-refractivity contribution in [3.63, 3.8) is 0 Å². The Bertz CT molecular complexity index is 1030. The van der Waals surface area contributed by atoms with Gasteiger partial charge in [-0.1, -0.05) is 13.0 Å². The van der Waals surface area contributed by atoms with Crippen LogP contribution in [0.2, 0.25) is 0 Å². The SMILES string of the molecule is COc1cc2c(cc1O)CCN1CC3C4=C(C=CC3[C@H](C)[C@H]21)OCO4.O=C(O)/C=C/C(=O)O. The van der Waals surface area contributed by atoms with E-state index in [0.717, 1.165) is 31.0 Å². The summed E-state index contributed by atoms with van der Waals surface area (Å²) in [5.41, 5.74) is 2.54. The highest BCUT2D eigenvalue weighted by Crippen LogP contribution is 2.51. The number of aromatic hydroxyl groups is 1. The molecule has 4 aliphatic rings. The molecule has 9 nitrogen and oxygen atoms in total. The molecule has 3 N–H and O–H groups in total. The first-order valence-corrected chi connectivity index (χ1v) is 10.8. The van der Waals surface area contributed by atoms with Crippen LogP contribution in [0, 0.1) is 17.8 Å². The summed E-state index contributed by atoms with van der Waals surface area (Å²) < 4.78 is 16.8. The van der Waals surface area contributed by atoms with Gasteiger partial charge in [0.2, 0.25) is 6.79 Å². The highest BCUT2D eigenvalue weighted by atomic mass is 16.7. The molecule has 9 heteroatoms. The maximum atomic E-state index is 10.1. The molecule has 3 heterocycles. The molecule has 3 aliphatic heterocycles. The van der Waals surface area contributed by atoms with E-state index in [1.54, 1.807) is 7.11 Å². The minimum absolute atomic E-state index is 0.236. The van der Waals surface area contributed by atoms with Crippen LogP contribution >= 0.6 is 0 Å². The van der Waals surface area contributed by atoms with Crippen LogP contribution in [0.4, 0.5) is 0 Å². The Hall–Kier alpha value is -3.46. The third-order valence-corrected chi connectivity index (χ3v) is 6.67. The number of carboxylic acids is 2. The van der Waals surface area contributed by atoms with Gasteiger partial charge in [-0.15, -0.1) is 0 Å². The number of benzene rings is 1. The van der Waals surface area contributed by atoms with Gasteiger partial charge in [0.1, 0.15) is 5.76 Å². The Morgan fingerprint density at radius 2 is 1.91 bits per heavy atom. The molecule has 2 unspecified atom stereocenters. The molecule has 0 spiro atoms. The molecule has 0 radical (unpaired) electrons. The lowest BCUT2D eigenvalue weighted by Crippen LogP contribution is -2.50. The van der Waals surface area contributed by atoms with Gasteiger partial charge in [-0.2, -0.15) is 0 Å². The van der Waals surface area contributed by atoms with Crippen LogP contribution in [0.3, 0.4) is 0 Å². The molecule has 0 bridgehead atoms. The third-order valence-electron chi connectivity index (χ3n) is 6.67. The van der Waals surface area contributed by atoms with Gasteiger partial charge in [0.05, 0.1) is 7.11 Å². The number of aliphatic carboxylic acids is 2. The van der Waals surface area contributed by atoms with Gasteiger partial charge in [-0.3, -0.25) is 4.90 Å². The minimum Gasteiger partial charge on any atom is -0.504 e. The van der Waals surface area contributed by atoms with Crippen molar-refractivity contribution in [1.82, 2.24) is 4.90 Å². The number of carboxylic acid groups (broad SMARTS) is 2. The molecule has 1 saturated heterocycles. The Balaban J connectivity index is 0.000000281. The lowest BCUT2D eigenvalue weighted by Gasteiger charge is -2.51. The van der Waals surface area contributed by atoms with Gasteiger partial charge < -0.3 is 29.5 Å². The summed E-state index contributed by atoms with van der Waals surface area (Å²) >= 11 is 0. The van der Waals surface area contributed by atoms with Crippen LogP contribution in [-0.4, -0.2) is 59.2 Å². The van der Waals surface area contributed by atoms with Crippen LogP contribution < -0.4 is 4.74 Å². The number of allylic oxidation sites excluding steroid dienone is 2. The average Bonchev–Trinajstić information content (AvgIpc) is 3.27. The monoisotopic (exact) mass is 457 g/mol. The molecule has 0 saturated carbocycles. The van der Waals surface area contributed by atoms with Gasteiger partial charge in [-0.25, -0.2) is 9.59 Å². The maximum Gasteiger partial charge on any atom is 0.328 e. The predicted molar refractivity (Wildman–Crippen MR) is 116 cm³/mol. The second-order valence-electron chi connectivity index (χ2n) is 8.46. The molecule has 0 amide bonds. The topological polar surface area (TPSA) is 126 Å². The van der Waals surface area contributed by atoms with Crippen LogP contribution in [-0.2, 0) is 25.5 Å². The number of nitrogens with zero attached hydrogens (tertiary/aromatic N) is 1. The predicted octanol–water partition coefficient (Wildman–Crippen LogP) is 2.68. The van der Waals surface area contributed by atoms with Gasteiger partial charge >= 0.3 is 11.9 Å². The van der Waals surface area contributed by atoms with E-state index in [4.69, 9.17) is 24.4 Å². The molecule has 1 aliphatic carbocycles. The van der Waals surface area contributed by atoms with Crippen molar-refractivity contribution in [3.05, 3.63) is 59.1 Å². The first-order valence-electron chi connectivity index (χ1n) is 10.8. The van der Waals surface area contributed by atoms with Crippen LogP contribution in [0.15, 0.2) is 48.0 Å². The molecule has 1 aromatic rings. The van der Waals surface area contributed by atoms with Gasteiger partial charge in [0, 0.05) is 37.2 Å². The Morgan fingerprint density at radius 3 is 2.58 bits per heavy atom. The van der Waals surface area contributed by atoms with Gasteiger partial charge in [0.25, 0.3) is 0 Å². The zero-order valence-corrected chi connectivity index (χ0v) is 18.4. The zero-order chi connectivity index (χ0) is 23.7. The van der Waals surface area contributed by atoms with E-state index in [0.29, 0.717) is 48.5 Å². The highest BCUT2D eigenvalue weighted by Gasteiger charge is 2.47. The number of carbonyl (C=O) groups is 2. The molecule has 176 valence electrons. The third kappa shape index (κ3) is 4.41. The second-order valence-corrected chi connectivity index (χ2v) is 8.46. The minimum atomic E-state index is -1.26. The van der Waals surface area contributed by atoms with Crippen molar-refractivity contribution in [3.8, 4) is 11.5 Å². The van der Waals surface area contributed by atoms with Crippen LogP contribution in [0.5, 0.6) is 11.5 Å². The van der Waals surface area contributed by atoms with E-state index in [9.17, 15) is 14.7 Å². The number of fused-ring (bicyclic) bond motifs is 5. The largest absolute Gasteiger partial charge is 0.504 e. The zero-order valence-electron chi connectivity index (χ0n) is 18.4. The summed E-state index contributed by atoms with van der Waals surface area (Å²) in [6.45, 7) is 4.66. The van der Waals surface area contributed by atoms with E-state index < -0.39 is 11.9 Å². The second kappa shape index (κ2) is 9.19. The van der Waals surface area contributed by atoms with E-state index in [1.807, 2.05) is 12.1 Å². The van der Waals surface area contributed by atoms with E-state index >= 15 is 0 Å². The van der Waals surface area contributed by atoms with Crippen LogP contribution in [0.25, 0.3) is 0 Å². The van der Waals surface area contributed by atoms with Crippen molar-refractivity contribution < 1.29 is 39.1 Å². The standard InChI is InChI=1S/C20H23NO4.C4H4O4/c1-11-13-3-4-17-20(25-10-24-17)15(13)9-21-6-5-12-7-16(22)18(23-2)8-14(12)19(11)21;5-3(6)1-2-4(7)8/h3-4,7-8,11,13,15,19,22H,5-6,9-10H2,1-2H3;1-2H,(H,5,6)(H,7,8)/b;2-1+/t11-,13?,15?,19+;/m0./s1. The van der Waals surface area contributed by atoms with Crippen molar-refractivity contribution >= 4 is 11.9 Å². The van der Waals surface area contributed by atoms with Crippen molar-refractivity contribution in [2.24, 2.45) is 17.8 Å². The van der Waals surface area contributed by atoms with Crippen LogP contribution in [0.1, 0.15) is 24.1 Å². The molecular weight excluding hydrogens is 430 g/mol. The fraction of sp³-hybridized carbons (Fsp3) is 0.417. The fourth-order valence-corrected chi connectivity index (χ4v) is 5.28. The normalized spacial score (nSPS) is 27.2. The summed E-state index contributed by atoms with van der Waals surface area (Å²) in [6.07, 6.45) is 6.44. The molecule has 0 aromatic heterocycles. The van der Waals surface area contributed by atoms with E-state index in [1.165, 1.54) is 11.1 Å².